The van der Waals surface area contributed by atoms with E-state index in [0.717, 1.165) is 18.0 Å². The van der Waals surface area contributed by atoms with E-state index < -0.39 is 0 Å². The fraction of sp³-hybridized carbons (Fsp3) is 0.188. The summed E-state index contributed by atoms with van der Waals surface area (Å²) in [6.07, 6.45) is 0. The summed E-state index contributed by atoms with van der Waals surface area (Å²) in [5, 5.41) is 3.21. The number of carbonyl (C=O) groups is 1. The van der Waals surface area contributed by atoms with Crippen LogP contribution in [-0.2, 0) is 0 Å². The SMILES string of the molecule is COc1cc(C(=O)c2ccccc2)ccc1NCCS. The van der Waals surface area contributed by atoms with E-state index in [1.807, 2.05) is 36.4 Å². The van der Waals surface area contributed by atoms with Gasteiger partial charge in [0.25, 0.3) is 0 Å². The van der Waals surface area contributed by atoms with Gasteiger partial charge in [-0.15, -0.1) is 0 Å². The second-order valence-electron chi connectivity index (χ2n) is 4.26. The molecule has 0 heterocycles. The molecule has 1 N–H and O–H groups in total. The maximum Gasteiger partial charge on any atom is 0.193 e. The Labute approximate surface area is 124 Å². The highest BCUT2D eigenvalue weighted by Gasteiger charge is 2.11. The van der Waals surface area contributed by atoms with E-state index in [1.165, 1.54) is 0 Å². The van der Waals surface area contributed by atoms with Crippen LogP contribution in [0.2, 0.25) is 0 Å². The van der Waals surface area contributed by atoms with Crippen LogP contribution in [0, 0.1) is 0 Å². The van der Waals surface area contributed by atoms with E-state index in [1.54, 1.807) is 19.2 Å². The smallest absolute Gasteiger partial charge is 0.193 e. The van der Waals surface area contributed by atoms with E-state index in [4.69, 9.17) is 4.74 Å². The molecular formula is C16H17NO2S. The van der Waals surface area contributed by atoms with Gasteiger partial charge in [-0.1, -0.05) is 30.3 Å². The number of ether oxygens (including phenoxy) is 1. The summed E-state index contributed by atoms with van der Waals surface area (Å²) in [5.74, 6) is 1.38. The van der Waals surface area contributed by atoms with E-state index >= 15 is 0 Å². The number of rotatable bonds is 6. The van der Waals surface area contributed by atoms with Crippen LogP contribution in [0.25, 0.3) is 0 Å². The highest BCUT2D eigenvalue weighted by molar-refractivity contribution is 7.80. The molecule has 0 aromatic heterocycles. The number of nitrogens with one attached hydrogen (secondary N) is 1. The number of carbonyl (C=O) groups excluding carboxylic acids is 1. The molecule has 104 valence electrons. The lowest BCUT2D eigenvalue weighted by atomic mass is 10.0. The van der Waals surface area contributed by atoms with E-state index in [2.05, 4.69) is 17.9 Å². The first-order chi connectivity index (χ1) is 9.76. The third kappa shape index (κ3) is 3.33. The van der Waals surface area contributed by atoms with Crippen LogP contribution in [0.15, 0.2) is 48.5 Å². The zero-order valence-corrected chi connectivity index (χ0v) is 12.2. The lowest BCUT2D eigenvalue weighted by molar-refractivity contribution is 0.103. The van der Waals surface area contributed by atoms with Crippen molar-refractivity contribution >= 4 is 24.1 Å². The van der Waals surface area contributed by atoms with Gasteiger partial charge in [0.15, 0.2) is 5.78 Å². The number of hydrogen-bond acceptors (Lipinski definition) is 4. The molecule has 0 saturated heterocycles. The van der Waals surface area contributed by atoms with Crippen molar-refractivity contribution in [2.24, 2.45) is 0 Å². The maximum absolute atomic E-state index is 12.4. The second-order valence-corrected chi connectivity index (χ2v) is 4.71. The lowest BCUT2D eigenvalue weighted by Crippen LogP contribution is -2.06. The van der Waals surface area contributed by atoms with E-state index in [9.17, 15) is 4.79 Å². The van der Waals surface area contributed by atoms with Gasteiger partial charge in [-0.2, -0.15) is 12.6 Å². The molecule has 2 rings (SSSR count). The van der Waals surface area contributed by atoms with Crippen LogP contribution >= 0.6 is 12.6 Å². The fourth-order valence-corrected chi connectivity index (χ4v) is 2.04. The number of anilines is 1. The number of thiol groups is 1. The van der Waals surface area contributed by atoms with Crippen molar-refractivity contribution in [3.8, 4) is 5.75 Å². The molecule has 4 heteroatoms. The molecule has 0 unspecified atom stereocenters. The van der Waals surface area contributed by atoms with Crippen molar-refractivity contribution in [2.75, 3.05) is 24.7 Å². The van der Waals surface area contributed by atoms with Crippen molar-refractivity contribution in [1.82, 2.24) is 0 Å². The van der Waals surface area contributed by atoms with Crippen LogP contribution in [0.5, 0.6) is 5.75 Å². The summed E-state index contributed by atoms with van der Waals surface area (Å²) in [6.45, 7) is 0.742. The molecule has 0 spiro atoms. The van der Waals surface area contributed by atoms with Crippen molar-refractivity contribution in [3.05, 3.63) is 59.7 Å². The first-order valence-corrected chi connectivity index (χ1v) is 7.02. The summed E-state index contributed by atoms with van der Waals surface area (Å²) < 4.78 is 5.33. The largest absolute Gasteiger partial charge is 0.495 e. The Balaban J connectivity index is 2.27. The van der Waals surface area contributed by atoms with Crippen LogP contribution < -0.4 is 10.1 Å². The number of benzene rings is 2. The monoisotopic (exact) mass is 287 g/mol. The second kappa shape index (κ2) is 7.01. The fourth-order valence-electron chi connectivity index (χ4n) is 1.93. The molecule has 0 radical (unpaired) electrons. The van der Waals surface area contributed by atoms with E-state index in [-0.39, 0.29) is 5.78 Å². The van der Waals surface area contributed by atoms with Gasteiger partial charge >= 0.3 is 0 Å². The topological polar surface area (TPSA) is 38.3 Å². The van der Waals surface area contributed by atoms with Crippen molar-refractivity contribution in [1.29, 1.82) is 0 Å². The quantitative estimate of drug-likeness (QED) is 0.632. The first kappa shape index (κ1) is 14.5. The molecule has 0 fully saturated rings. The molecule has 2 aromatic rings. The minimum atomic E-state index is -0.00959. The Kier molecular flexibility index (Phi) is 5.07. The molecule has 0 aliphatic heterocycles. The Morgan fingerprint density at radius 2 is 1.90 bits per heavy atom. The third-order valence-corrected chi connectivity index (χ3v) is 3.15. The van der Waals surface area contributed by atoms with Gasteiger partial charge in [-0.3, -0.25) is 4.79 Å². The van der Waals surface area contributed by atoms with Crippen LogP contribution in [0.4, 0.5) is 5.69 Å². The first-order valence-electron chi connectivity index (χ1n) is 6.38. The summed E-state index contributed by atoms with van der Waals surface area (Å²) in [5.41, 5.74) is 2.15. The molecule has 0 atom stereocenters. The Morgan fingerprint density at radius 3 is 2.55 bits per heavy atom. The van der Waals surface area contributed by atoms with Crippen LogP contribution in [0.3, 0.4) is 0 Å². The molecule has 0 amide bonds. The van der Waals surface area contributed by atoms with Crippen LogP contribution in [-0.4, -0.2) is 25.2 Å². The summed E-state index contributed by atoms with van der Waals surface area (Å²) in [4.78, 5) is 12.4. The van der Waals surface area contributed by atoms with Gasteiger partial charge in [0.05, 0.1) is 12.8 Å². The maximum atomic E-state index is 12.4. The van der Waals surface area contributed by atoms with Crippen molar-refractivity contribution < 1.29 is 9.53 Å². The molecule has 3 nitrogen and oxygen atoms in total. The van der Waals surface area contributed by atoms with E-state index in [0.29, 0.717) is 16.9 Å². The van der Waals surface area contributed by atoms with Crippen molar-refractivity contribution in [3.63, 3.8) is 0 Å². The minimum absolute atomic E-state index is 0.00959. The van der Waals surface area contributed by atoms with Gasteiger partial charge in [0.2, 0.25) is 0 Å². The van der Waals surface area contributed by atoms with Gasteiger partial charge < -0.3 is 10.1 Å². The standard InChI is InChI=1S/C16H17NO2S/c1-19-15-11-13(7-8-14(15)17-9-10-20)16(18)12-5-3-2-4-6-12/h2-8,11,17,20H,9-10H2,1H3. The van der Waals surface area contributed by atoms with Crippen molar-refractivity contribution in [2.45, 2.75) is 0 Å². The normalized spacial score (nSPS) is 10.1. The predicted octanol–water partition coefficient (Wildman–Crippen LogP) is 3.27. The average molecular weight is 287 g/mol. The average Bonchev–Trinajstić information content (AvgIpc) is 2.52. The number of methoxy groups -OCH3 is 1. The summed E-state index contributed by atoms with van der Waals surface area (Å²) in [7, 11) is 1.60. The van der Waals surface area contributed by atoms with Gasteiger partial charge in [0, 0.05) is 23.4 Å². The summed E-state index contributed by atoms with van der Waals surface area (Å²) >= 11 is 4.16. The predicted molar refractivity (Wildman–Crippen MR) is 85.2 cm³/mol. The molecular weight excluding hydrogens is 270 g/mol. The van der Waals surface area contributed by atoms with Gasteiger partial charge in [0.1, 0.15) is 5.75 Å². The summed E-state index contributed by atoms with van der Waals surface area (Å²) in [6, 6.07) is 14.6. The molecule has 2 aromatic carbocycles. The Bertz CT molecular complexity index is 584. The zero-order valence-electron chi connectivity index (χ0n) is 11.3. The lowest BCUT2D eigenvalue weighted by Gasteiger charge is -2.11. The number of hydrogen-bond donors (Lipinski definition) is 2. The number of ketones is 1. The highest BCUT2D eigenvalue weighted by atomic mass is 32.1. The highest BCUT2D eigenvalue weighted by Crippen LogP contribution is 2.26. The Morgan fingerprint density at radius 1 is 1.15 bits per heavy atom. The zero-order chi connectivity index (χ0) is 14.4. The van der Waals surface area contributed by atoms with Gasteiger partial charge in [-0.25, -0.2) is 0 Å². The molecule has 0 aliphatic carbocycles. The van der Waals surface area contributed by atoms with Gasteiger partial charge in [-0.05, 0) is 18.2 Å². The van der Waals surface area contributed by atoms with Crippen LogP contribution in [0.1, 0.15) is 15.9 Å². The molecule has 0 aliphatic rings. The third-order valence-electron chi connectivity index (χ3n) is 2.93. The minimum Gasteiger partial charge on any atom is -0.495 e. The molecule has 0 saturated carbocycles. The molecule has 0 bridgehead atoms. The Hall–Kier alpha value is -1.94. The molecule has 20 heavy (non-hydrogen) atoms.